The van der Waals surface area contributed by atoms with E-state index in [9.17, 15) is 9.90 Å². The molecule has 7 nitrogen and oxygen atoms in total. The summed E-state index contributed by atoms with van der Waals surface area (Å²) in [5.74, 6) is 1.53. The van der Waals surface area contributed by atoms with Crippen molar-refractivity contribution in [3.05, 3.63) is 93.8 Å². The van der Waals surface area contributed by atoms with Crippen LogP contribution in [0.15, 0.2) is 75.9 Å². The molecule has 0 unspecified atom stereocenters. The van der Waals surface area contributed by atoms with Gasteiger partial charge in [-0.3, -0.25) is 14.6 Å². The molecule has 1 aromatic heterocycles. The van der Waals surface area contributed by atoms with Crippen LogP contribution in [0.1, 0.15) is 16.9 Å². The van der Waals surface area contributed by atoms with Crippen molar-refractivity contribution in [3.8, 4) is 23.0 Å². The van der Waals surface area contributed by atoms with Crippen LogP contribution in [-0.4, -0.2) is 48.2 Å². The number of rotatable bonds is 7. The van der Waals surface area contributed by atoms with Gasteiger partial charge in [0.15, 0.2) is 11.5 Å². The predicted octanol–water partition coefficient (Wildman–Crippen LogP) is 4.93. The maximum absolute atomic E-state index is 13.4. The van der Waals surface area contributed by atoms with Gasteiger partial charge in [0.25, 0.3) is 0 Å². The smallest absolute Gasteiger partial charge is 0.235 e. The first-order chi connectivity index (χ1) is 17.5. The molecular formula is C29H30N2O5. The third kappa shape index (κ3) is 4.94. The van der Waals surface area contributed by atoms with Crippen molar-refractivity contribution in [1.82, 2.24) is 9.80 Å². The number of para-hydroxylation sites is 2. The third-order valence-corrected chi connectivity index (χ3v) is 6.64. The van der Waals surface area contributed by atoms with Crippen LogP contribution < -0.4 is 14.9 Å². The number of benzene rings is 3. The van der Waals surface area contributed by atoms with E-state index in [1.165, 1.54) is 5.56 Å². The number of nitrogens with zero attached hydrogens (tertiary/aromatic N) is 2. The van der Waals surface area contributed by atoms with Crippen LogP contribution >= 0.6 is 0 Å². The van der Waals surface area contributed by atoms with Gasteiger partial charge >= 0.3 is 0 Å². The van der Waals surface area contributed by atoms with Crippen molar-refractivity contribution in [3.63, 3.8) is 0 Å². The van der Waals surface area contributed by atoms with E-state index >= 15 is 0 Å². The van der Waals surface area contributed by atoms with Gasteiger partial charge in [0.05, 0.1) is 18.1 Å². The molecule has 1 aliphatic rings. The van der Waals surface area contributed by atoms with Gasteiger partial charge in [0.2, 0.25) is 11.2 Å². The summed E-state index contributed by atoms with van der Waals surface area (Å²) >= 11 is 0. The molecule has 0 radical (unpaired) electrons. The topological polar surface area (TPSA) is 75.4 Å². The zero-order chi connectivity index (χ0) is 25.1. The second-order valence-corrected chi connectivity index (χ2v) is 9.05. The molecule has 0 aliphatic carbocycles. The molecule has 5 rings (SSSR count). The van der Waals surface area contributed by atoms with Gasteiger partial charge < -0.3 is 19.0 Å². The lowest BCUT2D eigenvalue weighted by Crippen LogP contribution is -2.45. The van der Waals surface area contributed by atoms with E-state index in [0.29, 0.717) is 40.3 Å². The number of phenols is 1. The fourth-order valence-electron chi connectivity index (χ4n) is 4.65. The van der Waals surface area contributed by atoms with E-state index in [4.69, 9.17) is 13.9 Å². The minimum Gasteiger partial charge on any atom is -0.507 e. The Balaban J connectivity index is 1.37. The number of piperazine rings is 1. The number of aryl methyl sites for hydroxylation is 1. The van der Waals surface area contributed by atoms with Crippen LogP contribution in [-0.2, 0) is 13.1 Å². The highest BCUT2D eigenvalue weighted by Crippen LogP contribution is 2.34. The summed E-state index contributed by atoms with van der Waals surface area (Å²) in [4.78, 5) is 18.1. The molecule has 0 amide bonds. The largest absolute Gasteiger partial charge is 0.507 e. The molecule has 0 atom stereocenters. The van der Waals surface area contributed by atoms with Crippen LogP contribution in [0.4, 0.5) is 0 Å². The van der Waals surface area contributed by atoms with Crippen LogP contribution in [0.25, 0.3) is 11.0 Å². The molecule has 0 bridgehead atoms. The fraction of sp³-hybridized carbons (Fsp3) is 0.276. The van der Waals surface area contributed by atoms with E-state index in [1.54, 1.807) is 38.3 Å². The molecule has 36 heavy (non-hydrogen) atoms. The van der Waals surface area contributed by atoms with Crippen molar-refractivity contribution in [1.29, 1.82) is 0 Å². The molecule has 1 fully saturated rings. The number of methoxy groups -OCH3 is 1. The predicted molar refractivity (Wildman–Crippen MR) is 139 cm³/mol. The lowest BCUT2D eigenvalue weighted by atomic mass is 10.1. The number of aromatic hydroxyl groups is 1. The average Bonchev–Trinajstić information content (AvgIpc) is 2.90. The minimum absolute atomic E-state index is 0.109. The molecule has 1 N–H and O–H groups in total. The van der Waals surface area contributed by atoms with Gasteiger partial charge in [-0.2, -0.15) is 0 Å². The molecule has 186 valence electrons. The zero-order valence-corrected chi connectivity index (χ0v) is 20.6. The van der Waals surface area contributed by atoms with E-state index in [0.717, 1.165) is 32.7 Å². The second-order valence-electron chi connectivity index (χ2n) is 9.05. The molecule has 4 aromatic rings. The summed E-state index contributed by atoms with van der Waals surface area (Å²) in [6, 6.07) is 20.8. The molecule has 1 saturated heterocycles. The first-order valence-corrected chi connectivity index (χ1v) is 12.1. The van der Waals surface area contributed by atoms with Crippen molar-refractivity contribution < 1.29 is 19.0 Å². The minimum atomic E-state index is -0.284. The monoisotopic (exact) mass is 486 g/mol. The summed E-state index contributed by atoms with van der Waals surface area (Å²) in [5.41, 5.74) is 2.04. The van der Waals surface area contributed by atoms with E-state index in [2.05, 4.69) is 34.1 Å². The number of hydrogen-bond acceptors (Lipinski definition) is 7. The number of ether oxygens (including phenoxy) is 2. The lowest BCUT2D eigenvalue weighted by molar-refractivity contribution is 0.121. The van der Waals surface area contributed by atoms with Crippen molar-refractivity contribution in [2.45, 2.75) is 20.0 Å². The molecule has 2 heterocycles. The first kappa shape index (κ1) is 23.9. The normalized spacial score (nSPS) is 14.7. The summed E-state index contributed by atoms with van der Waals surface area (Å²) in [6.45, 7) is 6.71. The molecule has 1 aliphatic heterocycles. The quantitative estimate of drug-likeness (QED) is 0.397. The third-order valence-electron chi connectivity index (χ3n) is 6.64. The Labute approximate surface area is 210 Å². The van der Waals surface area contributed by atoms with Gasteiger partial charge in [0, 0.05) is 39.3 Å². The van der Waals surface area contributed by atoms with Crippen LogP contribution in [0.3, 0.4) is 0 Å². The van der Waals surface area contributed by atoms with Crippen LogP contribution in [0.2, 0.25) is 0 Å². The van der Waals surface area contributed by atoms with Gasteiger partial charge in [0.1, 0.15) is 17.1 Å². The van der Waals surface area contributed by atoms with Gasteiger partial charge in [-0.25, -0.2) is 0 Å². The molecular weight excluding hydrogens is 456 g/mol. The van der Waals surface area contributed by atoms with Crippen molar-refractivity contribution >= 4 is 11.0 Å². The number of phenolic OH excluding ortho intramolecular Hbond substituents is 1. The Morgan fingerprint density at radius 1 is 0.861 bits per heavy atom. The maximum atomic E-state index is 13.4. The average molecular weight is 487 g/mol. The SMILES string of the molecule is COc1ccccc1Oc1c(C)oc2c(CN3CCN(Cc4ccccc4)CC3)c(O)ccc2c1=O. The second kappa shape index (κ2) is 10.4. The van der Waals surface area contributed by atoms with E-state index in [-0.39, 0.29) is 16.9 Å². The molecule has 0 spiro atoms. The Hall–Kier alpha value is -3.81. The molecule has 0 saturated carbocycles. The van der Waals surface area contributed by atoms with E-state index in [1.807, 2.05) is 18.2 Å². The summed E-state index contributed by atoms with van der Waals surface area (Å²) in [6.07, 6.45) is 0. The number of fused-ring (bicyclic) bond motifs is 1. The fourth-order valence-corrected chi connectivity index (χ4v) is 4.65. The number of hydrogen-bond donors (Lipinski definition) is 1. The zero-order valence-electron chi connectivity index (χ0n) is 20.6. The highest BCUT2D eigenvalue weighted by molar-refractivity contribution is 5.83. The van der Waals surface area contributed by atoms with Gasteiger partial charge in [-0.05, 0) is 36.8 Å². The highest BCUT2D eigenvalue weighted by Gasteiger charge is 2.23. The van der Waals surface area contributed by atoms with Crippen molar-refractivity contribution in [2.75, 3.05) is 33.3 Å². The maximum Gasteiger partial charge on any atom is 0.235 e. The summed E-state index contributed by atoms with van der Waals surface area (Å²) in [5, 5.41) is 11.1. The Bertz CT molecular complexity index is 1410. The standard InChI is InChI=1S/C29H30N2O5/c1-20-28(36-26-11-7-6-10-25(26)34-2)27(33)22-12-13-24(32)23(29(22)35-20)19-31-16-14-30(15-17-31)18-21-8-4-3-5-9-21/h3-13,32H,14-19H2,1-2H3. The Kier molecular flexibility index (Phi) is 6.93. The summed E-state index contributed by atoms with van der Waals surface area (Å²) in [7, 11) is 1.55. The van der Waals surface area contributed by atoms with Gasteiger partial charge in [-0.1, -0.05) is 42.5 Å². The van der Waals surface area contributed by atoms with Gasteiger partial charge in [-0.15, -0.1) is 0 Å². The Morgan fingerprint density at radius 2 is 1.50 bits per heavy atom. The highest BCUT2D eigenvalue weighted by atomic mass is 16.5. The van der Waals surface area contributed by atoms with Crippen LogP contribution in [0, 0.1) is 6.92 Å². The summed E-state index contributed by atoms with van der Waals surface area (Å²) < 4.78 is 17.4. The van der Waals surface area contributed by atoms with Crippen LogP contribution in [0.5, 0.6) is 23.0 Å². The molecule has 7 heteroatoms. The molecule has 3 aromatic carbocycles. The lowest BCUT2D eigenvalue weighted by Gasteiger charge is -2.34. The van der Waals surface area contributed by atoms with E-state index < -0.39 is 0 Å². The Morgan fingerprint density at radius 3 is 2.19 bits per heavy atom. The first-order valence-electron chi connectivity index (χ1n) is 12.1. The van der Waals surface area contributed by atoms with Crippen molar-refractivity contribution in [2.24, 2.45) is 0 Å².